The van der Waals surface area contributed by atoms with Gasteiger partial charge in [0.25, 0.3) is 0 Å². The van der Waals surface area contributed by atoms with Gasteiger partial charge in [0.15, 0.2) is 27.3 Å². The molecule has 1 fully saturated rings. The van der Waals surface area contributed by atoms with Gasteiger partial charge in [0.1, 0.15) is 28.6 Å². The van der Waals surface area contributed by atoms with Crippen molar-refractivity contribution in [1.29, 1.82) is 0 Å². The first kappa shape index (κ1) is 28.2. The Balaban J connectivity index is 1.57. The van der Waals surface area contributed by atoms with Gasteiger partial charge in [0.2, 0.25) is 11.8 Å². The van der Waals surface area contributed by atoms with E-state index in [1.165, 1.54) is 30.8 Å². The molecule has 0 saturated carbocycles. The highest BCUT2D eigenvalue weighted by Gasteiger charge is 2.37. The van der Waals surface area contributed by atoms with E-state index in [-0.39, 0.29) is 37.1 Å². The Kier molecular flexibility index (Phi) is 7.99. The number of aliphatic hydroxyl groups is 1. The van der Waals surface area contributed by atoms with Crippen LogP contribution in [0.25, 0.3) is 17.2 Å². The molecular formula is C26H28FN7O6S. The molecule has 216 valence electrons. The molecule has 1 aliphatic rings. The van der Waals surface area contributed by atoms with E-state index >= 15 is 0 Å². The molecule has 1 aromatic carbocycles. The molecule has 0 bridgehead atoms. The van der Waals surface area contributed by atoms with Crippen LogP contribution in [-0.4, -0.2) is 89.0 Å². The van der Waals surface area contributed by atoms with E-state index in [1.54, 1.807) is 36.4 Å². The first-order chi connectivity index (χ1) is 19.7. The van der Waals surface area contributed by atoms with Gasteiger partial charge in [0.05, 0.1) is 45.1 Å². The van der Waals surface area contributed by atoms with Gasteiger partial charge in [-0.25, -0.2) is 27.8 Å². The maximum atomic E-state index is 13.9. The molecule has 41 heavy (non-hydrogen) atoms. The van der Waals surface area contributed by atoms with Gasteiger partial charge < -0.3 is 24.2 Å². The number of anilines is 1. The summed E-state index contributed by atoms with van der Waals surface area (Å²) in [5.74, 6) is 0.401. The number of methoxy groups -OCH3 is 3. The third-order valence-corrected chi connectivity index (χ3v) is 8.65. The first-order valence-electron chi connectivity index (χ1n) is 12.5. The predicted molar refractivity (Wildman–Crippen MR) is 145 cm³/mol. The highest BCUT2D eigenvalue weighted by atomic mass is 32.2. The minimum absolute atomic E-state index is 0.00143. The smallest absolute Gasteiger partial charge is 0.225 e. The summed E-state index contributed by atoms with van der Waals surface area (Å²) in [6.45, 7) is 0.110. The maximum Gasteiger partial charge on any atom is 0.225 e. The Bertz CT molecular complexity index is 1610. The van der Waals surface area contributed by atoms with Crippen LogP contribution >= 0.6 is 0 Å². The molecule has 0 radical (unpaired) electrons. The fourth-order valence-corrected chi connectivity index (χ4v) is 6.44. The molecule has 1 N–H and O–H groups in total. The van der Waals surface area contributed by atoms with Gasteiger partial charge in [-0.1, -0.05) is 12.1 Å². The van der Waals surface area contributed by atoms with Crippen molar-refractivity contribution in [2.75, 3.05) is 39.3 Å². The van der Waals surface area contributed by atoms with Gasteiger partial charge in [-0.3, -0.25) is 4.57 Å². The number of halogens is 1. The molecule has 5 rings (SSSR count). The van der Waals surface area contributed by atoms with Crippen LogP contribution in [-0.2, 0) is 15.6 Å². The number of piperidine rings is 1. The Morgan fingerprint density at radius 2 is 1.66 bits per heavy atom. The molecule has 4 aromatic rings. The summed E-state index contributed by atoms with van der Waals surface area (Å²) in [7, 11) is 0.500. The second-order valence-electron chi connectivity index (χ2n) is 9.28. The van der Waals surface area contributed by atoms with Crippen LogP contribution < -0.4 is 19.1 Å². The van der Waals surface area contributed by atoms with Crippen molar-refractivity contribution in [2.24, 2.45) is 0 Å². The Morgan fingerprint density at radius 1 is 0.976 bits per heavy atom. The Hall–Kier alpha value is -4.37. The highest BCUT2D eigenvalue weighted by molar-refractivity contribution is 7.91. The maximum absolute atomic E-state index is 13.9. The van der Waals surface area contributed by atoms with E-state index in [4.69, 9.17) is 14.2 Å². The number of para-hydroxylation sites is 1. The van der Waals surface area contributed by atoms with Crippen LogP contribution in [0.4, 0.5) is 10.3 Å². The normalized spacial score (nSPS) is 17.3. The molecule has 1 aliphatic heterocycles. The molecule has 1 saturated heterocycles. The van der Waals surface area contributed by atoms with Gasteiger partial charge >= 0.3 is 0 Å². The lowest BCUT2D eigenvalue weighted by Gasteiger charge is -2.35. The van der Waals surface area contributed by atoms with E-state index < -0.39 is 32.8 Å². The lowest BCUT2D eigenvalue weighted by Crippen LogP contribution is -2.49. The number of hydrogen-bond acceptors (Lipinski definition) is 12. The zero-order chi connectivity index (χ0) is 29.1. The number of pyridine rings is 1. The van der Waals surface area contributed by atoms with Gasteiger partial charge in [-0.05, 0) is 24.6 Å². The van der Waals surface area contributed by atoms with E-state index in [2.05, 4.69) is 25.1 Å². The topological polar surface area (TPSA) is 155 Å². The fourth-order valence-electron chi connectivity index (χ4n) is 4.73. The third kappa shape index (κ3) is 5.76. The van der Waals surface area contributed by atoms with Crippen LogP contribution in [0.5, 0.6) is 17.4 Å². The van der Waals surface area contributed by atoms with Crippen LogP contribution in [0.2, 0.25) is 0 Å². The quantitative estimate of drug-likeness (QED) is 0.305. The van der Waals surface area contributed by atoms with Crippen molar-refractivity contribution < 1.29 is 32.1 Å². The Morgan fingerprint density at radius 3 is 2.32 bits per heavy atom. The van der Waals surface area contributed by atoms with Gasteiger partial charge in [0, 0.05) is 19.2 Å². The zero-order valence-corrected chi connectivity index (χ0v) is 23.3. The van der Waals surface area contributed by atoms with E-state index in [1.807, 2.05) is 0 Å². The van der Waals surface area contributed by atoms with E-state index in [0.29, 0.717) is 28.8 Å². The van der Waals surface area contributed by atoms with Gasteiger partial charge in [-0.2, -0.15) is 0 Å². The average molecular weight is 586 g/mol. The SMILES string of the molecule is COc1cccc(-c2nnc(CS(=O)(=O)[C@@H]3C[C@H](O)CN(c4ncc(F)cn4)C3)n2-c2c(OC)cccc2OC)n1. The lowest BCUT2D eigenvalue weighted by molar-refractivity contribution is 0.154. The molecule has 4 heterocycles. The number of β-amino-alcohol motifs (C(OH)–C–C–N with tert-alkyl or cyclic N) is 1. The number of aromatic nitrogens is 6. The summed E-state index contributed by atoms with van der Waals surface area (Å²) >= 11 is 0. The van der Waals surface area contributed by atoms with Crippen molar-refractivity contribution in [3.8, 4) is 34.6 Å². The largest absolute Gasteiger partial charge is 0.494 e. The number of hydrogen-bond donors (Lipinski definition) is 1. The van der Waals surface area contributed by atoms with Crippen molar-refractivity contribution >= 4 is 15.8 Å². The van der Waals surface area contributed by atoms with Crippen LogP contribution in [0.1, 0.15) is 12.2 Å². The summed E-state index contributed by atoms with van der Waals surface area (Å²) in [4.78, 5) is 13.9. The van der Waals surface area contributed by atoms with Crippen molar-refractivity contribution in [1.82, 2.24) is 29.7 Å². The third-order valence-electron chi connectivity index (χ3n) is 6.64. The minimum Gasteiger partial charge on any atom is -0.494 e. The summed E-state index contributed by atoms with van der Waals surface area (Å²) in [5.41, 5.74) is 0.763. The number of benzene rings is 1. The summed E-state index contributed by atoms with van der Waals surface area (Å²) in [5, 5.41) is 18.1. The molecule has 0 unspecified atom stereocenters. The van der Waals surface area contributed by atoms with E-state index in [9.17, 15) is 17.9 Å². The fraction of sp³-hybridized carbons (Fsp3) is 0.346. The predicted octanol–water partition coefficient (Wildman–Crippen LogP) is 1.84. The number of nitrogens with zero attached hydrogens (tertiary/aromatic N) is 7. The average Bonchev–Trinajstić information content (AvgIpc) is 3.38. The van der Waals surface area contributed by atoms with Crippen LogP contribution in [0, 0.1) is 5.82 Å². The van der Waals surface area contributed by atoms with Crippen molar-refractivity contribution in [3.63, 3.8) is 0 Å². The molecule has 2 atom stereocenters. The minimum atomic E-state index is -3.95. The molecule has 15 heteroatoms. The number of rotatable bonds is 9. The summed E-state index contributed by atoms with van der Waals surface area (Å²) in [6, 6.07) is 10.2. The standard InChI is InChI=1S/C26H28FN7O6S/c1-38-20-7-5-8-21(39-2)24(20)34-22(31-32-25(34)19-6-4-9-23(30-19)40-3)15-41(36,37)18-10-17(35)13-33(14-18)26-28-11-16(27)12-29-26/h4-9,11-12,17-18,35H,10,13-15H2,1-3H3/t17-,18+/m0/s1. The monoisotopic (exact) mass is 585 g/mol. The van der Waals surface area contributed by atoms with Crippen LogP contribution in [0.15, 0.2) is 48.8 Å². The van der Waals surface area contributed by atoms with E-state index in [0.717, 1.165) is 12.4 Å². The number of sulfone groups is 1. The Labute approximate surface area is 235 Å². The number of ether oxygens (including phenoxy) is 3. The molecule has 3 aromatic heterocycles. The highest BCUT2D eigenvalue weighted by Crippen LogP contribution is 2.37. The second kappa shape index (κ2) is 11.6. The summed E-state index contributed by atoms with van der Waals surface area (Å²) < 4.78 is 59.1. The molecule has 0 spiro atoms. The second-order valence-corrected chi connectivity index (χ2v) is 11.6. The molecule has 13 nitrogen and oxygen atoms in total. The molecule has 0 amide bonds. The zero-order valence-electron chi connectivity index (χ0n) is 22.5. The lowest BCUT2D eigenvalue weighted by atomic mass is 10.1. The summed E-state index contributed by atoms with van der Waals surface area (Å²) in [6.07, 6.45) is 1.01. The molecule has 0 aliphatic carbocycles. The van der Waals surface area contributed by atoms with Crippen molar-refractivity contribution in [3.05, 3.63) is 60.4 Å². The van der Waals surface area contributed by atoms with Gasteiger partial charge in [-0.15, -0.1) is 10.2 Å². The first-order valence-corrected chi connectivity index (χ1v) is 14.2. The van der Waals surface area contributed by atoms with Crippen LogP contribution in [0.3, 0.4) is 0 Å². The van der Waals surface area contributed by atoms with Crippen molar-refractivity contribution in [2.45, 2.75) is 23.5 Å². The molecular weight excluding hydrogens is 557 g/mol. The number of aliphatic hydroxyl groups excluding tert-OH is 1.